The highest BCUT2D eigenvalue weighted by molar-refractivity contribution is 5.90. The third-order valence-electron chi connectivity index (χ3n) is 8.39. The van der Waals surface area contributed by atoms with E-state index in [2.05, 4.69) is 41.2 Å². The van der Waals surface area contributed by atoms with Crippen molar-refractivity contribution in [3.8, 4) is 22.5 Å². The lowest BCUT2D eigenvalue weighted by Crippen LogP contribution is -2.15. The molecule has 0 radical (unpaired) electrons. The summed E-state index contributed by atoms with van der Waals surface area (Å²) in [6, 6.07) is 16.2. The van der Waals surface area contributed by atoms with Crippen molar-refractivity contribution in [2.75, 3.05) is 0 Å². The summed E-state index contributed by atoms with van der Waals surface area (Å²) >= 11 is 0. The van der Waals surface area contributed by atoms with Crippen LogP contribution in [0.3, 0.4) is 0 Å². The average Bonchev–Trinajstić information content (AvgIpc) is 3.51. The largest absolute Gasteiger partial charge is 0.459 e. The van der Waals surface area contributed by atoms with Gasteiger partial charge in [-0.1, -0.05) is 114 Å². The summed E-state index contributed by atoms with van der Waals surface area (Å²) < 4.78 is 5.62. The monoisotopic (exact) mass is 540 g/mol. The van der Waals surface area contributed by atoms with Crippen LogP contribution in [0.25, 0.3) is 22.5 Å². The highest BCUT2D eigenvalue weighted by Crippen LogP contribution is 2.29. The van der Waals surface area contributed by atoms with Crippen molar-refractivity contribution in [1.82, 2.24) is 9.97 Å². The number of ether oxygens (including phenoxy) is 1. The van der Waals surface area contributed by atoms with Crippen LogP contribution in [0.2, 0.25) is 0 Å². The molecule has 3 aromatic rings. The summed E-state index contributed by atoms with van der Waals surface area (Å²) in [5, 5.41) is 0. The zero-order chi connectivity index (χ0) is 28.0. The lowest BCUT2D eigenvalue weighted by Gasteiger charge is -2.13. The Hall–Kier alpha value is -3.01. The van der Waals surface area contributed by atoms with Gasteiger partial charge in [0.2, 0.25) is 0 Å². The van der Waals surface area contributed by atoms with Gasteiger partial charge in [0.15, 0.2) is 5.82 Å². The first-order valence-electron chi connectivity index (χ1n) is 15.8. The van der Waals surface area contributed by atoms with Gasteiger partial charge in [-0.2, -0.15) is 0 Å². The normalized spacial score (nSPS) is 14.3. The summed E-state index contributed by atoms with van der Waals surface area (Å²) in [5.74, 6) is 1.41. The van der Waals surface area contributed by atoms with Crippen LogP contribution in [0.15, 0.2) is 60.9 Å². The molecule has 0 spiro atoms. The van der Waals surface area contributed by atoms with Crippen LogP contribution in [0.1, 0.15) is 120 Å². The van der Waals surface area contributed by atoms with E-state index in [4.69, 9.17) is 4.74 Å². The third-order valence-corrected chi connectivity index (χ3v) is 8.39. The quantitative estimate of drug-likeness (QED) is 0.134. The summed E-state index contributed by atoms with van der Waals surface area (Å²) in [7, 11) is 0. The average molecular weight is 541 g/mol. The van der Waals surface area contributed by atoms with Gasteiger partial charge in [-0.25, -0.2) is 14.8 Å². The number of hydrogen-bond acceptors (Lipinski definition) is 4. The number of unbranched alkanes of at least 4 members (excludes halogenated alkanes) is 6. The second-order valence-corrected chi connectivity index (χ2v) is 11.7. The predicted molar refractivity (Wildman–Crippen MR) is 165 cm³/mol. The lowest BCUT2D eigenvalue weighted by atomic mass is 9.98. The van der Waals surface area contributed by atoms with Crippen LogP contribution < -0.4 is 0 Å². The number of esters is 1. The van der Waals surface area contributed by atoms with Crippen LogP contribution in [0.5, 0.6) is 0 Å². The van der Waals surface area contributed by atoms with Crippen molar-refractivity contribution in [1.29, 1.82) is 0 Å². The van der Waals surface area contributed by atoms with Gasteiger partial charge in [-0.05, 0) is 61.8 Å². The van der Waals surface area contributed by atoms with Gasteiger partial charge in [0.1, 0.15) is 0 Å². The number of carbonyl (C=O) groups is 1. The minimum Gasteiger partial charge on any atom is -0.459 e. The fraction of sp³-hybridized carbons (Fsp3) is 0.528. The Kier molecular flexibility index (Phi) is 12.2. The molecule has 0 aliphatic heterocycles. The van der Waals surface area contributed by atoms with Crippen molar-refractivity contribution in [2.24, 2.45) is 5.92 Å². The first-order valence-corrected chi connectivity index (χ1v) is 15.8. The molecule has 1 aliphatic rings. The van der Waals surface area contributed by atoms with Gasteiger partial charge in [-0.15, -0.1) is 0 Å². The molecule has 1 aromatic heterocycles. The second kappa shape index (κ2) is 16.3. The van der Waals surface area contributed by atoms with E-state index in [1.165, 1.54) is 82.6 Å². The van der Waals surface area contributed by atoms with Crippen LogP contribution in [-0.4, -0.2) is 22.0 Å². The molecular weight excluding hydrogens is 492 g/mol. The highest BCUT2D eigenvalue weighted by Gasteiger charge is 2.14. The van der Waals surface area contributed by atoms with E-state index >= 15 is 0 Å². The molecule has 0 amide bonds. The SMILES string of the molecule is CCCCCC[C@H](C)OC(=O)c1ccc(-c2ncc(-c3ccc(CCCCCCC4CCCC4)cc3)cn2)cc1. The van der Waals surface area contributed by atoms with Crippen LogP contribution >= 0.6 is 0 Å². The maximum absolute atomic E-state index is 12.5. The van der Waals surface area contributed by atoms with Gasteiger partial charge >= 0.3 is 5.97 Å². The summed E-state index contributed by atoms with van der Waals surface area (Å²) in [6.07, 6.45) is 23.2. The molecule has 4 rings (SSSR count). The molecule has 1 atom stereocenters. The van der Waals surface area contributed by atoms with Crippen LogP contribution in [-0.2, 0) is 11.2 Å². The summed E-state index contributed by atoms with van der Waals surface area (Å²) in [4.78, 5) is 21.7. The molecule has 2 aromatic carbocycles. The standard InChI is InChI=1S/C36H48N2O2/c1-3-4-5-8-13-28(2)40-36(39)33-24-22-32(23-25-33)35-37-26-34(27-38-35)31-20-18-30(19-21-31)15-10-7-6-9-14-29-16-11-12-17-29/h18-29H,3-17H2,1-2H3/t28-/m0/s1. The molecule has 4 heteroatoms. The van der Waals surface area contributed by atoms with E-state index in [1.54, 1.807) is 12.1 Å². The topological polar surface area (TPSA) is 52.1 Å². The lowest BCUT2D eigenvalue weighted by molar-refractivity contribution is 0.0319. The number of nitrogens with zero attached hydrogens (tertiary/aromatic N) is 2. The smallest absolute Gasteiger partial charge is 0.338 e. The first-order chi connectivity index (χ1) is 19.6. The Labute approximate surface area is 242 Å². The third kappa shape index (κ3) is 9.57. The van der Waals surface area contributed by atoms with E-state index in [-0.39, 0.29) is 12.1 Å². The Morgan fingerprint density at radius 1 is 0.800 bits per heavy atom. The molecule has 1 aliphatic carbocycles. The molecule has 1 saturated carbocycles. The van der Waals surface area contributed by atoms with Crippen molar-refractivity contribution in [3.63, 3.8) is 0 Å². The molecule has 0 saturated heterocycles. The molecule has 0 unspecified atom stereocenters. The Bertz CT molecular complexity index is 1130. The van der Waals surface area contributed by atoms with E-state index in [0.29, 0.717) is 11.4 Å². The molecule has 1 heterocycles. The van der Waals surface area contributed by atoms with E-state index in [0.717, 1.165) is 41.9 Å². The van der Waals surface area contributed by atoms with Crippen LogP contribution in [0, 0.1) is 5.92 Å². The second-order valence-electron chi connectivity index (χ2n) is 11.7. The fourth-order valence-corrected chi connectivity index (χ4v) is 5.83. The minimum absolute atomic E-state index is 0.0649. The maximum atomic E-state index is 12.5. The van der Waals surface area contributed by atoms with Crippen molar-refractivity contribution in [2.45, 2.75) is 116 Å². The molecule has 40 heavy (non-hydrogen) atoms. The van der Waals surface area contributed by atoms with Gasteiger partial charge in [-0.3, -0.25) is 0 Å². The van der Waals surface area contributed by atoms with E-state index in [9.17, 15) is 4.79 Å². The van der Waals surface area contributed by atoms with Gasteiger partial charge in [0.05, 0.1) is 11.7 Å². The minimum atomic E-state index is -0.270. The van der Waals surface area contributed by atoms with Crippen molar-refractivity contribution >= 4 is 5.97 Å². The van der Waals surface area contributed by atoms with E-state index < -0.39 is 0 Å². The molecule has 4 nitrogen and oxygen atoms in total. The van der Waals surface area contributed by atoms with Gasteiger partial charge in [0.25, 0.3) is 0 Å². The molecule has 0 bridgehead atoms. The van der Waals surface area contributed by atoms with Crippen molar-refractivity contribution < 1.29 is 9.53 Å². The zero-order valence-electron chi connectivity index (χ0n) is 24.7. The van der Waals surface area contributed by atoms with Crippen molar-refractivity contribution in [3.05, 3.63) is 72.1 Å². The molecule has 1 fully saturated rings. The number of benzene rings is 2. The first kappa shape index (κ1) is 30.0. The Morgan fingerprint density at radius 2 is 1.45 bits per heavy atom. The van der Waals surface area contributed by atoms with Gasteiger partial charge in [0, 0.05) is 23.5 Å². The fourth-order valence-electron chi connectivity index (χ4n) is 5.83. The van der Waals surface area contributed by atoms with Crippen LogP contribution in [0.4, 0.5) is 0 Å². The Morgan fingerprint density at radius 3 is 2.15 bits per heavy atom. The van der Waals surface area contributed by atoms with Gasteiger partial charge < -0.3 is 4.74 Å². The highest BCUT2D eigenvalue weighted by atomic mass is 16.5. The molecule has 0 N–H and O–H groups in total. The Balaban J connectivity index is 1.21. The summed E-state index contributed by atoms with van der Waals surface area (Å²) in [5.41, 5.74) is 4.99. The number of hydrogen-bond donors (Lipinski definition) is 0. The number of aryl methyl sites for hydroxylation is 1. The molecule has 214 valence electrons. The molecular formula is C36H48N2O2. The zero-order valence-corrected chi connectivity index (χ0v) is 24.7. The summed E-state index contributed by atoms with van der Waals surface area (Å²) in [6.45, 7) is 4.17. The number of carbonyl (C=O) groups excluding carboxylic acids is 1. The number of rotatable bonds is 16. The number of aromatic nitrogens is 2. The maximum Gasteiger partial charge on any atom is 0.338 e. The predicted octanol–water partition coefficient (Wildman–Crippen LogP) is 10.0. The van der Waals surface area contributed by atoms with E-state index in [1.807, 2.05) is 31.5 Å².